The van der Waals surface area contributed by atoms with Gasteiger partial charge in [0.25, 0.3) is 5.69 Å². The van der Waals surface area contributed by atoms with Crippen LogP contribution in [0.25, 0.3) is 6.08 Å². The van der Waals surface area contributed by atoms with Crippen LogP contribution in [0.15, 0.2) is 36.4 Å². The van der Waals surface area contributed by atoms with Crippen LogP contribution < -0.4 is 19.5 Å². The minimum Gasteiger partial charge on any atom is -0.493 e. The van der Waals surface area contributed by atoms with Crippen LogP contribution in [-0.4, -0.2) is 39.1 Å². The minimum absolute atomic E-state index is 0.0696. The zero-order valence-electron chi connectivity index (χ0n) is 15.4. The Balaban J connectivity index is 2.34. The summed E-state index contributed by atoms with van der Waals surface area (Å²) >= 11 is 0. The molecule has 0 saturated carbocycles. The van der Waals surface area contributed by atoms with Crippen molar-refractivity contribution in [1.29, 1.82) is 0 Å². The van der Waals surface area contributed by atoms with Gasteiger partial charge in [-0.2, -0.15) is 0 Å². The molecule has 0 bridgehead atoms. The number of carbonyl (C=O) groups excluding carboxylic acids is 1. The van der Waals surface area contributed by atoms with E-state index in [1.165, 1.54) is 39.5 Å². The van der Waals surface area contributed by atoms with Crippen molar-refractivity contribution in [3.8, 4) is 17.2 Å². The number of ketones is 1. The van der Waals surface area contributed by atoms with E-state index in [1.54, 1.807) is 31.3 Å². The molecule has 0 radical (unpaired) electrons. The van der Waals surface area contributed by atoms with E-state index >= 15 is 0 Å². The van der Waals surface area contributed by atoms with E-state index in [-0.39, 0.29) is 11.5 Å². The highest BCUT2D eigenvalue weighted by molar-refractivity contribution is 6.07. The molecular weight excluding hydrogens is 352 g/mol. The van der Waals surface area contributed by atoms with Gasteiger partial charge in [-0.3, -0.25) is 14.9 Å². The molecule has 8 nitrogen and oxygen atoms in total. The number of nitrogens with one attached hydrogen (secondary N) is 1. The summed E-state index contributed by atoms with van der Waals surface area (Å²) in [5.74, 6) is 0.804. The zero-order valence-corrected chi connectivity index (χ0v) is 15.4. The molecule has 0 spiro atoms. The number of rotatable bonds is 8. The molecular formula is C19H20N2O6. The van der Waals surface area contributed by atoms with Gasteiger partial charge in [0.1, 0.15) is 5.69 Å². The molecule has 0 aromatic heterocycles. The molecule has 0 fully saturated rings. The van der Waals surface area contributed by atoms with Crippen molar-refractivity contribution in [2.24, 2.45) is 0 Å². The Morgan fingerprint density at radius 3 is 2.19 bits per heavy atom. The van der Waals surface area contributed by atoms with Crippen molar-refractivity contribution in [3.63, 3.8) is 0 Å². The predicted molar refractivity (Wildman–Crippen MR) is 102 cm³/mol. The molecule has 2 aromatic carbocycles. The Morgan fingerprint density at radius 2 is 1.70 bits per heavy atom. The monoisotopic (exact) mass is 372 g/mol. The molecule has 0 amide bonds. The number of nitrogens with zero attached hydrogens (tertiary/aromatic N) is 1. The Labute approximate surface area is 156 Å². The van der Waals surface area contributed by atoms with Crippen LogP contribution in [0, 0.1) is 10.1 Å². The second-order valence-electron chi connectivity index (χ2n) is 5.40. The van der Waals surface area contributed by atoms with Gasteiger partial charge in [0.2, 0.25) is 5.75 Å². The van der Waals surface area contributed by atoms with Gasteiger partial charge in [0.15, 0.2) is 17.3 Å². The molecule has 142 valence electrons. The van der Waals surface area contributed by atoms with Crippen molar-refractivity contribution in [2.75, 3.05) is 33.7 Å². The Bertz CT molecular complexity index is 867. The quantitative estimate of drug-likeness (QED) is 0.327. The summed E-state index contributed by atoms with van der Waals surface area (Å²) in [6.07, 6.45) is 2.84. The lowest BCUT2D eigenvalue weighted by Crippen LogP contribution is -2.00. The smallest absolute Gasteiger partial charge is 0.292 e. The molecule has 0 unspecified atom stereocenters. The summed E-state index contributed by atoms with van der Waals surface area (Å²) in [6.45, 7) is 0. The fraction of sp³-hybridized carbons (Fsp3) is 0.211. The third kappa shape index (κ3) is 4.35. The molecule has 2 aromatic rings. The molecule has 0 aliphatic heterocycles. The largest absolute Gasteiger partial charge is 0.493 e. The number of anilines is 1. The van der Waals surface area contributed by atoms with E-state index in [0.29, 0.717) is 34.1 Å². The van der Waals surface area contributed by atoms with Gasteiger partial charge in [-0.05, 0) is 29.8 Å². The summed E-state index contributed by atoms with van der Waals surface area (Å²) in [6, 6.07) is 7.74. The molecule has 2 rings (SSSR count). The van der Waals surface area contributed by atoms with Crippen LogP contribution in [0.5, 0.6) is 17.2 Å². The molecule has 27 heavy (non-hydrogen) atoms. The lowest BCUT2D eigenvalue weighted by atomic mass is 10.1. The highest BCUT2D eigenvalue weighted by Gasteiger charge is 2.16. The average Bonchev–Trinajstić information content (AvgIpc) is 2.70. The van der Waals surface area contributed by atoms with Crippen LogP contribution in [0.4, 0.5) is 11.4 Å². The Morgan fingerprint density at radius 1 is 1.07 bits per heavy atom. The highest BCUT2D eigenvalue weighted by atomic mass is 16.6. The number of nitro benzene ring substituents is 1. The van der Waals surface area contributed by atoms with Gasteiger partial charge in [-0.15, -0.1) is 0 Å². The molecule has 1 N–H and O–H groups in total. The topological polar surface area (TPSA) is 99.9 Å². The SMILES string of the molecule is CNc1ccc(/C=C/C(=O)c2cc(OC)c(OC)c(OC)c2)cc1[N+](=O)[O-]. The first-order chi connectivity index (χ1) is 12.9. The van der Waals surface area contributed by atoms with E-state index in [9.17, 15) is 14.9 Å². The lowest BCUT2D eigenvalue weighted by molar-refractivity contribution is -0.383. The van der Waals surface area contributed by atoms with Crippen molar-refractivity contribution < 1.29 is 23.9 Å². The Kier molecular flexibility index (Phi) is 6.37. The summed E-state index contributed by atoms with van der Waals surface area (Å²) in [7, 11) is 6.00. The van der Waals surface area contributed by atoms with E-state index in [2.05, 4.69) is 5.32 Å². The maximum Gasteiger partial charge on any atom is 0.292 e. The maximum absolute atomic E-state index is 12.5. The molecule has 0 aliphatic carbocycles. The minimum atomic E-state index is -0.482. The third-order valence-corrected chi connectivity index (χ3v) is 3.86. The normalized spacial score (nSPS) is 10.5. The first-order valence-corrected chi connectivity index (χ1v) is 7.93. The van der Waals surface area contributed by atoms with Crippen LogP contribution >= 0.6 is 0 Å². The molecule has 0 aliphatic rings. The van der Waals surface area contributed by atoms with Crippen molar-refractivity contribution in [3.05, 3.63) is 57.6 Å². The number of allylic oxidation sites excluding steroid dienone is 1. The highest BCUT2D eigenvalue weighted by Crippen LogP contribution is 2.38. The van der Waals surface area contributed by atoms with E-state index in [4.69, 9.17) is 14.2 Å². The molecule has 0 atom stereocenters. The fourth-order valence-corrected chi connectivity index (χ4v) is 2.51. The van der Waals surface area contributed by atoms with E-state index < -0.39 is 4.92 Å². The van der Waals surface area contributed by atoms with Gasteiger partial charge in [0.05, 0.1) is 26.3 Å². The second-order valence-corrected chi connectivity index (χ2v) is 5.40. The average molecular weight is 372 g/mol. The first kappa shape index (κ1) is 19.8. The molecule has 0 heterocycles. The van der Waals surface area contributed by atoms with Crippen LogP contribution in [0.2, 0.25) is 0 Å². The van der Waals surface area contributed by atoms with Gasteiger partial charge in [-0.25, -0.2) is 0 Å². The standard InChI is InChI=1S/C19H20N2O6/c1-20-14-7-5-12(9-15(14)21(23)24)6-8-16(22)13-10-17(25-2)19(27-4)18(11-13)26-3/h5-11,20H,1-4H3/b8-6+. The predicted octanol–water partition coefficient (Wildman–Crippen LogP) is 3.56. The number of methoxy groups -OCH3 is 3. The van der Waals surface area contributed by atoms with Crippen molar-refractivity contribution >= 4 is 23.2 Å². The third-order valence-electron chi connectivity index (χ3n) is 3.86. The zero-order chi connectivity index (χ0) is 20.0. The molecule has 8 heteroatoms. The number of carbonyl (C=O) groups is 1. The summed E-state index contributed by atoms with van der Waals surface area (Å²) in [5.41, 5.74) is 1.19. The summed E-state index contributed by atoms with van der Waals surface area (Å²) in [5, 5.41) is 13.9. The van der Waals surface area contributed by atoms with E-state index in [1.807, 2.05) is 0 Å². The van der Waals surface area contributed by atoms with Crippen molar-refractivity contribution in [1.82, 2.24) is 0 Å². The number of benzene rings is 2. The number of hydrogen-bond donors (Lipinski definition) is 1. The van der Waals surface area contributed by atoms with Crippen LogP contribution in [0.1, 0.15) is 15.9 Å². The van der Waals surface area contributed by atoms with Gasteiger partial charge < -0.3 is 19.5 Å². The number of hydrogen-bond acceptors (Lipinski definition) is 7. The lowest BCUT2D eigenvalue weighted by Gasteiger charge is -2.13. The van der Waals surface area contributed by atoms with Gasteiger partial charge in [0, 0.05) is 18.7 Å². The van der Waals surface area contributed by atoms with Crippen LogP contribution in [-0.2, 0) is 0 Å². The van der Waals surface area contributed by atoms with Gasteiger partial charge in [-0.1, -0.05) is 12.1 Å². The fourth-order valence-electron chi connectivity index (χ4n) is 2.51. The number of nitro groups is 1. The van der Waals surface area contributed by atoms with Crippen molar-refractivity contribution in [2.45, 2.75) is 0 Å². The number of ether oxygens (including phenoxy) is 3. The van der Waals surface area contributed by atoms with Crippen LogP contribution in [0.3, 0.4) is 0 Å². The maximum atomic E-state index is 12.5. The summed E-state index contributed by atoms with van der Waals surface area (Å²) < 4.78 is 15.7. The first-order valence-electron chi connectivity index (χ1n) is 7.93. The Hall–Kier alpha value is -3.55. The second kappa shape index (κ2) is 8.70. The van der Waals surface area contributed by atoms with Gasteiger partial charge >= 0.3 is 0 Å². The van der Waals surface area contributed by atoms with E-state index in [0.717, 1.165) is 0 Å². The summed E-state index contributed by atoms with van der Waals surface area (Å²) in [4.78, 5) is 23.2. The molecule has 0 saturated heterocycles.